The summed E-state index contributed by atoms with van der Waals surface area (Å²) in [5, 5.41) is 6.42. The SMILES string of the molecule is C#Cc1cccc(NCC(=O)Nc2cc(C)c(Cl)cc2OC)c1. The Bertz CT molecular complexity index is 766. The van der Waals surface area contributed by atoms with Crippen molar-refractivity contribution in [3.8, 4) is 18.1 Å². The van der Waals surface area contributed by atoms with Gasteiger partial charge in [0.2, 0.25) is 5.91 Å². The van der Waals surface area contributed by atoms with Gasteiger partial charge in [-0.25, -0.2) is 0 Å². The number of ether oxygens (including phenoxy) is 1. The van der Waals surface area contributed by atoms with Crippen molar-refractivity contribution in [2.75, 3.05) is 24.3 Å². The minimum Gasteiger partial charge on any atom is -0.495 e. The first-order chi connectivity index (χ1) is 11.0. The van der Waals surface area contributed by atoms with Crippen molar-refractivity contribution in [1.29, 1.82) is 0 Å². The zero-order valence-corrected chi connectivity index (χ0v) is 13.7. The summed E-state index contributed by atoms with van der Waals surface area (Å²) in [7, 11) is 1.53. The van der Waals surface area contributed by atoms with Gasteiger partial charge in [-0.05, 0) is 36.8 Å². The van der Waals surface area contributed by atoms with E-state index in [-0.39, 0.29) is 12.5 Å². The Kier molecular flexibility index (Phi) is 5.51. The minimum absolute atomic E-state index is 0.110. The number of terminal acetylenes is 1. The molecule has 4 nitrogen and oxygen atoms in total. The Morgan fingerprint density at radius 1 is 1.35 bits per heavy atom. The standard InChI is InChI=1S/C18H17ClN2O2/c1-4-13-6-5-7-14(9-13)20-11-18(22)21-16-8-12(2)15(19)10-17(16)23-3/h1,5-10,20H,11H2,2-3H3,(H,21,22). The average Bonchev–Trinajstić information content (AvgIpc) is 2.56. The second kappa shape index (κ2) is 7.57. The zero-order valence-electron chi connectivity index (χ0n) is 12.9. The number of nitrogens with one attached hydrogen (secondary N) is 2. The monoisotopic (exact) mass is 328 g/mol. The van der Waals surface area contributed by atoms with E-state index >= 15 is 0 Å². The van der Waals surface area contributed by atoms with Crippen molar-refractivity contribution in [3.63, 3.8) is 0 Å². The molecule has 2 aromatic carbocycles. The van der Waals surface area contributed by atoms with E-state index in [4.69, 9.17) is 22.8 Å². The van der Waals surface area contributed by atoms with Gasteiger partial charge in [0.1, 0.15) is 5.75 Å². The largest absolute Gasteiger partial charge is 0.495 e. The summed E-state index contributed by atoms with van der Waals surface area (Å²) < 4.78 is 5.23. The number of amides is 1. The van der Waals surface area contributed by atoms with Gasteiger partial charge in [0, 0.05) is 22.3 Å². The number of carbonyl (C=O) groups is 1. The van der Waals surface area contributed by atoms with E-state index in [2.05, 4.69) is 16.6 Å². The van der Waals surface area contributed by atoms with Crippen LogP contribution < -0.4 is 15.4 Å². The molecule has 0 spiro atoms. The molecule has 0 fully saturated rings. The molecule has 2 rings (SSSR count). The van der Waals surface area contributed by atoms with Crippen molar-refractivity contribution >= 4 is 28.9 Å². The van der Waals surface area contributed by atoms with Crippen molar-refractivity contribution in [2.24, 2.45) is 0 Å². The van der Waals surface area contributed by atoms with Crippen LogP contribution in [0.15, 0.2) is 36.4 Å². The van der Waals surface area contributed by atoms with Gasteiger partial charge in [0.25, 0.3) is 0 Å². The number of carbonyl (C=O) groups excluding carboxylic acids is 1. The van der Waals surface area contributed by atoms with E-state index in [1.807, 2.05) is 25.1 Å². The summed E-state index contributed by atoms with van der Waals surface area (Å²) >= 11 is 6.05. The van der Waals surface area contributed by atoms with E-state index in [0.29, 0.717) is 16.5 Å². The number of halogens is 1. The van der Waals surface area contributed by atoms with Crippen LogP contribution in [-0.4, -0.2) is 19.6 Å². The van der Waals surface area contributed by atoms with Crippen LogP contribution in [0.3, 0.4) is 0 Å². The number of benzene rings is 2. The van der Waals surface area contributed by atoms with Crippen LogP contribution in [-0.2, 0) is 4.79 Å². The fourth-order valence-electron chi connectivity index (χ4n) is 2.03. The third kappa shape index (κ3) is 4.41. The minimum atomic E-state index is -0.198. The Morgan fingerprint density at radius 2 is 2.13 bits per heavy atom. The van der Waals surface area contributed by atoms with E-state index in [0.717, 1.165) is 16.8 Å². The van der Waals surface area contributed by atoms with Gasteiger partial charge in [-0.1, -0.05) is 23.6 Å². The highest BCUT2D eigenvalue weighted by atomic mass is 35.5. The van der Waals surface area contributed by atoms with Crippen LogP contribution >= 0.6 is 11.6 Å². The summed E-state index contributed by atoms with van der Waals surface area (Å²) in [4.78, 5) is 12.1. The van der Waals surface area contributed by atoms with Crippen LogP contribution in [0.25, 0.3) is 0 Å². The predicted molar refractivity (Wildman–Crippen MR) is 94.2 cm³/mol. The van der Waals surface area contributed by atoms with Crippen molar-refractivity contribution in [1.82, 2.24) is 0 Å². The van der Waals surface area contributed by atoms with Gasteiger partial charge < -0.3 is 15.4 Å². The van der Waals surface area contributed by atoms with Crippen LogP contribution in [0.1, 0.15) is 11.1 Å². The maximum Gasteiger partial charge on any atom is 0.243 e. The second-order valence-corrected chi connectivity index (χ2v) is 5.34. The molecule has 118 valence electrons. The highest BCUT2D eigenvalue weighted by molar-refractivity contribution is 6.31. The molecule has 2 N–H and O–H groups in total. The summed E-state index contributed by atoms with van der Waals surface area (Å²) in [5.74, 6) is 2.87. The lowest BCUT2D eigenvalue weighted by molar-refractivity contribution is -0.114. The maximum absolute atomic E-state index is 12.1. The van der Waals surface area contributed by atoms with E-state index in [1.165, 1.54) is 7.11 Å². The van der Waals surface area contributed by atoms with Crippen molar-refractivity contribution in [3.05, 3.63) is 52.5 Å². The zero-order chi connectivity index (χ0) is 16.8. The Labute approximate surface area is 140 Å². The molecule has 0 saturated heterocycles. The van der Waals surface area contributed by atoms with E-state index in [1.54, 1.807) is 18.2 Å². The fourth-order valence-corrected chi connectivity index (χ4v) is 2.18. The van der Waals surface area contributed by atoms with E-state index in [9.17, 15) is 4.79 Å². The van der Waals surface area contributed by atoms with Gasteiger partial charge >= 0.3 is 0 Å². The first-order valence-electron chi connectivity index (χ1n) is 6.98. The molecule has 0 saturated carbocycles. The fraction of sp³-hybridized carbons (Fsp3) is 0.167. The molecule has 0 atom stereocenters. The van der Waals surface area contributed by atoms with Gasteiger partial charge in [0.15, 0.2) is 0 Å². The molecular weight excluding hydrogens is 312 g/mol. The molecule has 2 aromatic rings. The molecule has 5 heteroatoms. The molecule has 23 heavy (non-hydrogen) atoms. The second-order valence-electron chi connectivity index (χ2n) is 4.93. The smallest absolute Gasteiger partial charge is 0.243 e. The molecule has 0 aromatic heterocycles. The number of hydrogen-bond acceptors (Lipinski definition) is 3. The maximum atomic E-state index is 12.1. The first-order valence-corrected chi connectivity index (χ1v) is 7.36. The van der Waals surface area contributed by atoms with Crippen molar-refractivity contribution < 1.29 is 9.53 Å². The third-order valence-electron chi connectivity index (χ3n) is 3.24. The third-order valence-corrected chi connectivity index (χ3v) is 3.64. The molecular formula is C18H17ClN2O2. The topological polar surface area (TPSA) is 50.4 Å². The lowest BCUT2D eigenvalue weighted by atomic mass is 10.2. The molecule has 0 unspecified atom stereocenters. The molecule has 0 aliphatic heterocycles. The lowest BCUT2D eigenvalue weighted by Gasteiger charge is -2.13. The van der Waals surface area contributed by atoms with Gasteiger partial charge in [0.05, 0.1) is 19.3 Å². The van der Waals surface area contributed by atoms with E-state index < -0.39 is 0 Å². The molecule has 0 aliphatic rings. The van der Waals surface area contributed by atoms with Gasteiger partial charge in [-0.3, -0.25) is 4.79 Å². The molecule has 0 bridgehead atoms. The lowest BCUT2D eigenvalue weighted by Crippen LogP contribution is -2.22. The van der Waals surface area contributed by atoms with Crippen molar-refractivity contribution in [2.45, 2.75) is 6.92 Å². The normalized spacial score (nSPS) is 9.83. The van der Waals surface area contributed by atoms with Crippen LogP contribution in [0.4, 0.5) is 11.4 Å². The summed E-state index contributed by atoms with van der Waals surface area (Å²) in [5.41, 5.74) is 2.98. The average molecular weight is 329 g/mol. The number of anilines is 2. The number of methoxy groups -OCH3 is 1. The highest BCUT2D eigenvalue weighted by Crippen LogP contribution is 2.30. The summed E-state index contributed by atoms with van der Waals surface area (Å²) in [6, 6.07) is 10.8. The highest BCUT2D eigenvalue weighted by Gasteiger charge is 2.10. The van der Waals surface area contributed by atoms with Crippen LogP contribution in [0.2, 0.25) is 5.02 Å². The Morgan fingerprint density at radius 3 is 2.83 bits per heavy atom. The van der Waals surface area contributed by atoms with Gasteiger partial charge in [-0.15, -0.1) is 6.42 Å². The molecule has 0 radical (unpaired) electrons. The molecule has 1 amide bonds. The van der Waals surface area contributed by atoms with Crippen LogP contribution in [0.5, 0.6) is 5.75 Å². The molecule has 0 heterocycles. The quantitative estimate of drug-likeness (QED) is 0.823. The summed E-state index contributed by atoms with van der Waals surface area (Å²) in [6.07, 6.45) is 5.35. The van der Waals surface area contributed by atoms with Crippen LogP contribution in [0, 0.1) is 19.3 Å². The Balaban J connectivity index is 2.02. The first kappa shape index (κ1) is 16.7. The number of aryl methyl sites for hydroxylation is 1. The Hall–Kier alpha value is -2.64. The number of hydrogen-bond donors (Lipinski definition) is 2. The predicted octanol–water partition coefficient (Wildman–Crippen LogP) is 3.69. The summed E-state index contributed by atoms with van der Waals surface area (Å²) in [6.45, 7) is 1.97. The number of rotatable bonds is 5. The van der Waals surface area contributed by atoms with Gasteiger partial charge in [-0.2, -0.15) is 0 Å². The molecule has 0 aliphatic carbocycles.